The van der Waals surface area contributed by atoms with E-state index in [9.17, 15) is 10.1 Å². The second-order valence-electron chi connectivity index (χ2n) is 6.88. The van der Waals surface area contributed by atoms with Gasteiger partial charge in [-0.15, -0.1) is 32.9 Å². The molecule has 0 aliphatic heterocycles. The molecule has 3 heterocycles. The topological polar surface area (TPSA) is 83.6 Å². The normalized spacial score (nSPS) is 13.1. The SMILES string of the molecule is CCc1cc(-c2nnc(SCC(=O)Nc3sc4c(c3C#N)CCCC4)n2C)cs1. The average Bonchev–Trinajstić information content (AvgIpc) is 3.42. The highest BCUT2D eigenvalue weighted by atomic mass is 32.2. The summed E-state index contributed by atoms with van der Waals surface area (Å²) in [6, 6.07) is 4.42. The molecule has 0 atom stereocenters. The van der Waals surface area contributed by atoms with Crippen LogP contribution in [0.3, 0.4) is 0 Å². The summed E-state index contributed by atoms with van der Waals surface area (Å²) in [7, 11) is 1.92. The van der Waals surface area contributed by atoms with Crippen LogP contribution in [0.15, 0.2) is 16.6 Å². The van der Waals surface area contributed by atoms with Gasteiger partial charge in [-0.1, -0.05) is 18.7 Å². The predicted molar refractivity (Wildman–Crippen MR) is 119 cm³/mol. The number of nitrogens with one attached hydrogen (secondary N) is 1. The molecule has 0 aromatic carbocycles. The molecule has 1 N–H and O–H groups in total. The molecule has 0 saturated heterocycles. The fraction of sp³-hybridized carbons (Fsp3) is 0.400. The van der Waals surface area contributed by atoms with Crippen molar-refractivity contribution in [2.45, 2.75) is 44.2 Å². The lowest BCUT2D eigenvalue weighted by Crippen LogP contribution is -2.14. The lowest BCUT2D eigenvalue weighted by Gasteiger charge is -2.09. The van der Waals surface area contributed by atoms with E-state index in [0.717, 1.165) is 49.1 Å². The van der Waals surface area contributed by atoms with Crippen LogP contribution in [0.4, 0.5) is 5.00 Å². The second kappa shape index (κ2) is 8.69. The molecule has 0 bridgehead atoms. The van der Waals surface area contributed by atoms with Gasteiger partial charge >= 0.3 is 0 Å². The molecule has 9 heteroatoms. The van der Waals surface area contributed by atoms with Crippen LogP contribution in [0.1, 0.15) is 40.6 Å². The molecule has 0 spiro atoms. The van der Waals surface area contributed by atoms with E-state index >= 15 is 0 Å². The summed E-state index contributed by atoms with van der Waals surface area (Å²) in [5.74, 6) is 0.906. The number of thiophene rings is 2. The Bertz CT molecular complexity index is 1090. The van der Waals surface area contributed by atoms with Crippen LogP contribution < -0.4 is 5.32 Å². The lowest BCUT2D eigenvalue weighted by molar-refractivity contribution is -0.113. The number of aryl methyl sites for hydroxylation is 2. The van der Waals surface area contributed by atoms with Crippen molar-refractivity contribution in [3.63, 3.8) is 0 Å². The van der Waals surface area contributed by atoms with Gasteiger partial charge in [0.05, 0.1) is 11.3 Å². The minimum Gasteiger partial charge on any atom is -0.316 e. The summed E-state index contributed by atoms with van der Waals surface area (Å²) in [6.07, 6.45) is 5.20. The Morgan fingerprint density at radius 2 is 2.21 bits per heavy atom. The van der Waals surface area contributed by atoms with Gasteiger partial charge in [0.1, 0.15) is 11.1 Å². The van der Waals surface area contributed by atoms with Crippen molar-refractivity contribution in [1.29, 1.82) is 5.26 Å². The van der Waals surface area contributed by atoms with E-state index in [0.29, 0.717) is 15.7 Å². The zero-order chi connectivity index (χ0) is 20.4. The number of aromatic nitrogens is 3. The van der Waals surface area contributed by atoms with Crippen molar-refractivity contribution in [3.05, 3.63) is 32.3 Å². The van der Waals surface area contributed by atoms with Crippen molar-refractivity contribution in [3.8, 4) is 17.5 Å². The number of rotatable bonds is 6. The van der Waals surface area contributed by atoms with E-state index in [1.165, 1.54) is 21.5 Å². The maximum atomic E-state index is 12.5. The Hall–Kier alpha value is -2.15. The molecule has 0 radical (unpaired) electrons. The number of fused-ring (bicyclic) bond motifs is 1. The third-order valence-corrected chi connectivity index (χ3v) is 8.27. The minimum atomic E-state index is -0.126. The molecular weight excluding hydrogens is 422 g/mol. The van der Waals surface area contributed by atoms with Crippen LogP contribution in [0.2, 0.25) is 0 Å². The number of carbonyl (C=O) groups excluding carboxylic acids is 1. The van der Waals surface area contributed by atoms with Gasteiger partial charge in [0.15, 0.2) is 11.0 Å². The standard InChI is InChI=1S/C20H21N5OS3/c1-3-13-8-12(10-27-13)18-23-24-20(25(18)2)28-11-17(26)22-19-15(9-21)14-6-4-5-7-16(14)29-19/h8,10H,3-7,11H2,1-2H3,(H,22,26). The van der Waals surface area contributed by atoms with E-state index in [-0.39, 0.29) is 11.7 Å². The van der Waals surface area contributed by atoms with E-state index in [1.54, 1.807) is 22.7 Å². The molecule has 150 valence electrons. The fourth-order valence-corrected chi connectivity index (χ4v) is 6.22. The monoisotopic (exact) mass is 443 g/mol. The van der Waals surface area contributed by atoms with Gasteiger partial charge < -0.3 is 9.88 Å². The lowest BCUT2D eigenvalue weighted by atomic mass is 9.96. The largest absolute Gasteiger partial charge is 0.316 e. The van der Waals surface area contributed by atoms with Crippen LogP contribution >= 0.6 is 34.4 Å². The summed E-state index contributed by atoms with van der Waals surface area (Å²) < 4.78 is 1.92. The van der Waals surface area contributed by atoms with Gasteiger partial charge in [-0.2, -0.15) is 5.26 Å². The number of thioether (sulfide) groups is 1. The molecule has 3 aromatic heterocycles. The number of carbonyl (C=O) groups is 1. The number of hydrogen-bond donors (Lipinski definition) is 1. The second-order valence-corrected chi connectivity index (χ2v) is 9.93. The zero-order valence-corrected chi connectivity index (χ0v) is 18.8. The molecule has 1 aliphatic rings. The Balaban J connectivity index is 1.42. The molecule has 0 unspecified atom stereocenters. The van der Waals surface area contributed by atoms with Crippen molar-refractivity contribution >= 4 is 45.3 Å². The summed E-state index contributed by atoms with van der Waals surface area (Å²) >= 11 is 4.62. The van der Waals surface area contributed by atoms with Crippen molar-refractivity contribution in [2.75, 3.05) is 11.1 Å². The number of anilines is 1. The predicted octanol–water partition coefficient (Wildman–Crippen LogP) is 4.65. The number of amides is 1. The van der Waals surface area contributed by atoms with Crippen molar-refractivity contribution in [1.82, 2.24) is 14.8 Å². The van der Waals surface area contributed by atoms with Crippen molar-refractivity contribution < 1.29 is 4.79 Å². The van der Waals surface area contributed by atoms with Crippen LogP contribution in [0.25, 0.3) is 11.4 Å². The molecule has 4 rings (SSSR count). The van der Waals surface area contributed by atoms with Crippen LogP contribution in [-0.2, 0) is 31.1 Å². The van der Waals surface area contributed by atoms with Crippen LogP contribution in [-0.4, -0.2) is 26.4 Å². The van der Waals surface area contributed by atoms with Gasteiger partial charge in [0.25, 0.3) is 0 Å². The first-order valence-electron chi connectivity index (χ1n) is 9.55. The molecule has 6 nitrogen and oxygen atoms in total. The van der Waals surface area contributed by atoms with Crippen molar-refractivity contribution in [2.24, 2.45) is 7.05 Å². The molecule has 1 aliphatic carbocycles. The molecule has 29 heavy (non-hydrogen) atoms. The third kappa shape index (κ3) is 4.10. The van der Waals surface area contributed by atoms with Gasteiger partial charge in [-0.3, -0.25) is 4.79 Å². The fourth-order valence-electron chi connectivity index (χ4n) is 3.44. The highest BCUT2D eigenvalue weighted by molar-refractivity contribution is 7.99. The first-order chi connectivity index (χ1) is 14.1. The van der Waals surface area contributed by atoms with Crippen LogP contribution in [0.5, 0.6) is 0 Å². The van der Waals surface area contributed by atoms with E-state index < -0.39 is 0 Å². The Kier molecular flexibility index (Phi) is 6.04. The first kappa shape index (κ1) is 20.1. The van der Waals surface area contributed by atoms with Gasteiger partial charge in [-0.05, 0) is 43.7 Å². The third-order valence-electron chi connectivity index (χ3n) is 4.96. The van der Waals surface area contributed by atoms with Gasteiger partial charge in [0.2, 0.25) is 5.91 Å². The molecule has 1 amide bonds. The Labute approximate surface area is 182 Å². The van der Waals surface area contributed by atoms with Gasteiger partial charge in [0, 0.05) is 27.7 Å². The molecular formula is C20H21N5OS3. The summed E-state index contributed by atoms with van der Waals surface area (Å²) in [6.45, 7) is 2.13. The van der Waals surface area contributed by atoms with E-state index in [4.69, 9.17) is 0 Å². The van der Waals surface area contributed by atoms with E-state index in [1.807, 2.05) is 11.6 Å². The minimum absolute atomic E-state index is 0.126. The highest BCUT2D eigenvalue weighted by Gasteiger charge is 2.22. The smallest absolute Gasteiger partial charge is 0.235 e. The summed E-state index contributed by atoms with van der Waals surface area (Å²) in [5.41, 5.74) is 2.83. The average molecular weight is 444 g/mol. The Morgan fingerprint density at radius 3 is 2.97 bits per heavy atom. The molecule has 0 fully saturated rings. The Morgan fingerprint density at radius 1 is 1.38 bits per heavy atom. The van der Waals surface area contributed by atoms with Gasteiger partial charge in [-0.25, -0.2) is 0 Å². The summed E-state index contributed by atoms with van der Waals surface area (Å²) in [4.78, 5) is 15.1. The van der Waals surface area contributed by atoms with E-state index in [2.05, 4.69) is 40.0 Å². The highest BCUT2D eigenvalue weighted by Crippen LogP contribution is 2.37. The zero-order valence-electron chi connectivity index (χ0n) is 16.3. The molecule has 3 aromatic rings. The number of hydrogen-bond acceptors (Lipinski definition) is 7. The maximum absolute atomic E-state index is 12.5. The maximum Gasteiger partial charge on any atom is 0.235 e. The van der Waals surface area contributed by atoms with Crippen LogP contribution in [0, 0.1) is 11.3 Å². The number of nitrogens with zero attached hydrogens (tertiary/aromatic N) is 4. The molecule has 0 saturated carbocycles. The first-order valence-corrected chi connectivity index (χ1v) is 12.2. The number of nitriles is 1. The quantitative estimate of drug-likeness (QED) is 0.561. The summed E-state index contributed by atoms with van der Waals surface area (Å²) in [5, 5.41) is 24.5.